The number of halogens is 3. The molecule has 0 bridgehead atoms. The Labute approximate surface area is 244 Å². The van der Waals surface area contributed by atoms with E-state index in [1.54, 1.807) is 42.7 Å². The van der Waals surface area contributed by atoms with Gasteiger partial charge in [-0.3, -0.25) is 9.59 Å². The number of hydrogen-bond acceptors (Lipinski definition) is 8. The van der Waals surface area contributed by atoms with E-state index in [-0.39, 0.29) is 31.8 Å². The standard InChI is InChI=1S/C29H29F3N4O5S/c30-29(31,32)27(39)36-13-2-6-23(36)25(38)35-21-5-1-4-20(14-21)26-40-22(17-42-28-33-11-3-12-34-28)15-24(41-26)19-9-7-18(16-37)8-10-19/h1,3-5,7-12,14,22-24,26,37H,2,6,13,15-17H2,(H,35,38). The van der Waals surface area contributed by atoms with Gasteiger partial charge in [0.05, 0.1) is 18.8 Å². The van der Waals surface area contributed by atoms with E-state index in [4.69, 9.17) is 9.47 Å². The first-order chi connectivity index (χ1) is 20.2. The minimum atomic E-state index is -5.05. The number of ether oxygens (including phenoxy) is 2. The van der Waals surface area contributed by atoms with E-state index < -0.39 is 30.3 Å². The fourth-order valence-corrected chi connectivity index (χ4v) is 5.80. The lowest BCUT2D eigenvalue weighted by Gasteiger charge is -2.36. The molecule has 42 heavy (non-hydrogen) atoms. The molecular weight excluding hydrogens is 573 g/mol. The summed E-state index contributed by atoms with van der Waals surface area (Å²) >= 11 is 1.45. The Hall–Kier alpha value is -3.52. The molecule has 2 aromatic carbocycles. The molecule has 0 spiro atoms. The molecule has 5 rings (SSSR count). The van der Waals surface area contributed by atoms with Gasteiger partial charge in [-0.15, -0.1) is 0 Å². The van der Waals surface area contributed by atoms with Crippen molar-refractivity contribution in [1.29, 1.82) is 0 Å². The topological polar surface area (TPSA) is 114 Å². The third-order valence-electron chi connectivity index (χ3n) is 7.04. The lowest BCUT2D eigenvalue weighted by atomic mass is 10.0. The van der Waals surface area contributed by atoms with Crippen LogP contribution in [0.5, 0.6) is 0 Å². The number of rotatable bonds is 8. The van der Waals surface area contributed by atoms with Crippen molar-refractivity contribution in [2.45, 2.75) is 61.7 Å². The lowest BCUT2D eigenvalue weighted by Crippen LogP contribution is -2.48. The van der Waals surface area contributed by atoms with Gasteiger partial charge >= 0.3 is 12.1 Å². The minimum absolute atomic E-state index is 0.0740. The van der Waals surface area contributed by atoms with E-state index in [0.717, 1.165) is 11.1 Å². The number of benzene rings is 2. The van der Waals surface area contributed by atoms with Crippen LogP contribution in [-0.2, 0) is 25.7 Å². The van der Waals surface area contributed by atoms with E-state index in [9.17, 15) is 27.9 Å². The number of alkyl halides is 3. The molecule has 2 aliphatic rings. The van der Waals surface area contributed by atoms with Gasteiger partial charge in [0, 0.05) is 42.4 Å². The number of aromatic nitrogens is 2. The number of likely N-dealkylation sites (tertiary alicyclic amines) is 1. The second-order valence-electron chi connectivity index (χ2n) is 9.96. The van der Waals surface area contributed by atoms with Crippen molar-refractivity contribution in [1.82, 2.24) is 14.9 Å². The third kappa shape index (κ3) is 7.27. The maximum absolute atomic E-state index is 13.0. The summed E-state index contributed by atoms with van der Waals surface area (Å²) in [5.74, 6) is -2.15. The first kappa shape index (κ1) is 30.0. The Morgan fingerprint density at radius 2 is 1.81 bits per heavy atom. The number of amides is 2. The van der Waals surface area contributed by atoms with Crippen molar-refractivity contribution >= 4 is 29.3 Å². The number of thioether (sulfide) groups is 1. The monoisotopic (exact) mass is 602 g/mol. The van der Waals surface area contributed by atoms with Gasteiger partial charge in [-0.25, -0.2) is 9.97 Å². The second-order valence-corrected chi connectivity index (χ2v) is 10.9. The number of nitrogens with one attached hydrogen (secondary N) is 1. The average molecular weight is 603 g/mol. The number of hydrogen-bond donors (Lipinski definition) is 2. The quantitative estimate of drug-likeness (QED) is 0.279. The molecular formula is C29H29F3N4O5S. The maximum Gasteiger partial charge on any atom is 0.471 e. The molecule has 2 fully saturated rings. The van der Waals surface area contributed by atoms with Crippen LogP contribution in [0.2, 0.25) is 0 Å². The Kier molecular flexibility index (Phi) is 9.41. The van der Waals surface area contributed by atoms with E-state index >= 15 is 0 Å². The SMILES string of the molecule is O=C(Nc1cccc(C2OC(CSc3ncccn3)CC(c3ccc(CO)cc3)O2)c1)C1CCCN1C(=O)C(F)(F)F. The van der Waals surface area contributed by atoms with Crippen LogP contribution >= 0.6 is 11.8 Å². The molecule has 0 radical (unpaired) electrons. The normalized spacial score (nSPS) is 22.6. The first-order valence-electron chi connectivity index (χ1n) is 13.4. The third-order valence-corrected chi connectivity index (χ3v) is 8.05. The highest BCUT2D eigenvalue weighted by molar-refractivity contribution is 7.99. The highest BCUT2D eigenvalue weighted by atomic mass is 32.2. The van der Waals surface area contributed by atoms with Crippen LogP contribution in [0.15, 0.2) is 72.1 Å². The zero-order valence-electron chi connectivity index (χ0n) is 22.4. The van der Waals surface area contributed by atoms with Crippen LogP contribution in [0.25, 0.3) is 0 Å². The molecule has 13 heteroatoms. The fourth-order valence-electron chi connectivity index (χ4n) is 4.98. The van der Waals surface area contributed by atoms with Crippen LogP contribution < -0.4 is 5.32 Å². The summed E-state index contributed by atoms with van der Waals surface area (Å²) in [4.78, 5) is 33.8. The minimum Gasteiger partial charge on any atom is -0.392 e. The van der Waals surface area contributed by atoms with Crippen molar-refractivity contribution in [3.8, 4) is 0 Å². The molecule has 9 nitrogen and oxygen atoms in total. The summed E-state index contributed by atoms with van der Waals surface area (Å²) < 4.78 is 51.7. The van der Waals surface area contributed by atoms with Gasteiger partial charge in [-0.1, -0.05) is 48.2 Å². The second kappa shape index (κ2) is 13.2. The maximum atomic E-state index is 13.0. The van der Waals surface area contributed by atoms with Gasteiger partial charge < -0.3 is 24.8 Å². The van der Waals surface area contributed by atoms with E-state index in [1.807, 2.05) is 24.3 Å². The number of carbonyl (C=O) groups excluding carboxylic acids is 2. The highest BCUT2D eigenvalue weighted by Crippen LogP contribution is 2.39. The molecule has 3 heterocycles. The number of nitrogens with zero attached hydrogens (tertiary/aromatic N) is 3. The van der Waals surface area contributed by atoms with Gasteiger partial charge in [0.15, 0.2) is 11.4 Å². The lowest BCUT2D eigenvalue weighted by molar-refractivity contribution is -0.245. The summed E-state index contributed by atoms with van der Waals surface area (Å²) in [6, 6.07) is 14.7. The van der Waals surface area contributed by atoms with Gasteiger partial charge in [-0.05, 0) is 42.2 Å². The summed E-state index contributed by atoms with van der Waals surface area (Å²) in [5, 5.41) is 12.7. The molecule has 2 N–H and O–H groups in total. The molecule has 1 aromatic heterocycles. The van der Waals surface area contributed by atoms with Gasteiger partial charge in [0.1, 0.15) is 6.04 Å². The summed E-state index contributed by atoms with van der Waals surface area (Å²) in [5.41, 5.74) is 2.63. The zero-order valence-corrected chi connectivity index (χ0v) is 23.2. The summed E-state index contributed by atoms with van der Waals surface area (Å²) in [6.07, 6.45) is -2.12. The fraction of sp³-hybridized carbons (Fsp3) is 0.379. The predicted octanol–water partition coefficient (Wildman–Crippen LogP) is 4.80. The first-order valence-corrected chi connectivity index (χ1v) is 14.4. The molecule has 2 saturated heterocycles. The van der Waals surface area contributed by atoms with Gasteiger partial charge in [0.25, 0.3) is 0 Å². The molecule has 2 aliphatic heterocycles. The molecule has 222 valence electrons. The van der Waals surface area contributed by atoms with Crippen molar-refractivity contribution in [3.63, 3.8) is 0 Å². The number of aliphatic hydroxyl groups is 1. The van der Waals surface area contributed by atoms with E-state index in [1.165, 1.54) is 11.8 Å². The predicted molar refractivity (Wildman–Crippen MR) is 147 cm³/mol. The summed E-state index contributed by atoms with van der Waals surface area (Å²) in [7, 11) is 0. The van der Waals surface area contributed by atoms with Gasteiger partial charge in [0.2, 0.25) is 5.91 Å². The largest absolute Gasteiger partial charge is 0.471 e. The molecule has 0 aliphatic carbocycles. The number of anilines is 1. The molecule has 3 aromatic rings. The van der Waals surface area contributed by atoms with Crippen molar-refractivity contribution < 1.29 is 37.3 Å². The smallest absolute Gasteiger partial charge is 0.392 e. The Morgan fingerprint density at radius 1 is 1.05 bits per heavy atom. The van der Waals surface area contributed by atoms with Crippen LogP contribution in [-0.4, -0.2) is 62.4 Å². The molecule has 4 atom stereocenters. The summed E-state index contributed by atoms with van der Waals surface area (Å²) in [6.45, 7) is -0.205. The van der Waals surface area contributed by atoms with E-state index in [0.29, 0.717) is 39.9 Å². The Morgan fingerprint density at radius 3 is 2.52 bits per heavy atom. The average Bonchev–Trinajstić information content (AvgIpc) is 3.50. The van der Waals surface area contributed by atoms with Crippen molar-refractivity contribution in [2.75, 3.05) is 17.6 Å². The highest BCUT2D eigenvalue weighted by Gasteiger charge is 2.47. The molecule has 0 saturated carbocycles. The molecule has 4 unspecified atom stereocenters. The number of aliphatic hydroxyl groups excluding tert-OH is 1. The van der Waals surface area contributed by atoms with Crippen LogP contribution in [0.1, 0.15) is 48.3 Å². The van der Waals surface area contributed by atoms with Crippen LogP contribution in [0, 0.1) is 0 Å². The van der Waals surface area contributed by atoms with Crippen molar-refractivity contribution in [2.24, 2.45) is 0 Å². The van der Waals surface area contributed by atoms with Crippen LogP contribution in [0.3, 0.4) is 0 Å². The molecule has 2 amide bonds. The van der Waals surface area contributed by atoms with E-state index in [2.05, 4.69) is 15.3 Å². The zero-order chi connectivity index (χ0) is 29.7. The van der Waals surface area contributed by atoms with Crippen molar-refractivity contribution in [3.05, 3.63) is 83.7 Å². The Balaban J connectivity index is 1.32. The van der Waals surface area contributed by atoms with Crippen LogP contribution in [0.4, 0.5) is 18.9 Å². The number of carbonyl (C=O) groups is 2. The van der Waals surface area contributed by atoms with Gasteiger partial charge in [-0.2, -0.15) is 13.2 Å². The Bertz CT molecular complexity index is 1380.